The van der Waals surface area contributed by atoms with E-state index >= 15 is 0 Å². The number of carboxylic acids is 1. The van der Waals surface area contributed by atoms with Crippen molar-refractivity contribution in [1.29, 1.82) is 0 Å². The Morgan fingerprint density at radius 2 is 1.55 bits per heavy atom. The van der Waals surface area contributed by atoms with Gasteiger partial charge in [-0.25, -0.2) is 4.79 Å². The molecular formula is C25H20O4. The average molecular weight is 384 g/mol. The first-order chi connectivity index (χ1) is 14.0. The van der Waals surface area contributed by atoms with E-state index in [1.807, 2.05) is 67.6 Å². The largest absolute Gasteiger partial charge is 0.507 e. The third-order valence-corrected chi connectivity index (χ3v) is 5.09. The Kier molecular flexibility index (Phi) is 4.69. The molecule has 4 nitrogen and oxygen atoms in total. The maximum atomic E-state index is 12.0. The standard InChI is InChI=1S/C25H20O4/c1-15-8-10-16(11-9-15)18-12-20-19(14-23(18)29-2)22(26)13-21(25(27)28)24(20)17-6-4-3-5-7-17/h3-14,26H,1-2H3,(H,27,28). The molecule has 0 saturated heterocycles. The molecule has 4 aromatic rings. The quantitative estimate of drug-likeness (QED) is 0.460. The van der Waals surface area contributed by atoms with Gasteiger partial charge in [0.2, 0.25) is 0 Å². The molecule has 4 heteroatoms. The number of hydrogen-bond acceptors (Lipinski definition) is 3. The first-order valence-corrected chi connectivity index (χ1v) is 9.23. The van der Waals surface area contributed by atoms with Crippen LogP contribution in [0.2, 0.25) is 0 Å². The summed E-state index contributed by atoms with van der Waals surface area (Å²) in [4.78, 5) is 12.0. The number of hydrogen-bond donors (Lipinski definition) is 2. The van der Waals surface area contributed by atoms with Crippen molar-refractivity contribution in [2.75, 3.05) is 7.11 Å². The van der Waals surface area contributed by atoms with E-state index in [1.165, 1.54) is 6.07 Å². The van der Waals surface area contributed by atoms with Crippen LogP contribution in [0.5, 0.6) is 11.5 Å². The molecule has 0 radical (unpaired) electrons. The molecule has 0 saturated carbocycles. The van der Waals surface area contributed by atoms with Crippen LogP contribution in [-0.2, 0) is 0 Å². The first kappa shape index (κ1) is 18.6. The zero-order chi connectivity index (χ0) is 20.5. The summed E-state index contributed by atoms with van der Waals surface area (Å²) >= 11 is 0. The average Bonchev–Trinajstić information content (AvgIpc) is 2.74. The first-order valence-electron chi connectivity index (χ1n) is 9.23. The number of fused-ring (bicyclic) bond motifs is 1. The van der Waals surface area contributed by atoms with Crippen LogP contribution in [0.1, 0.15) is 15.9 Å². The van der Waals surface area contributed by atoms with Crippen molar-refractivity contribution in [1.82, 2.24) is 0 Å². The number of phenolic OH excluding ortho intramolecular Hbond substituents is 1. The van der Waals surface area contributed by atoms with Crippen molar-refractivity contribution in [3.05, 3.63) is 83.9 Å². The summed E-state index contributed by atoms with van der Waals surface area (Å²) in [5.74, 6) is -0.571. The Morgan fingerprint density at radius 1 is 0.862 bits per heavy atom. The molecule has 0 amide bonds. The SMILES string of the molecule is COc1cc2c(O)cc(C(=O)O)c(-c3ccccc3)c2cc1-c1ccc(C)cc1. The van der Waals surface area contributed by atoms with Gasteiger partial charge in [-0.05, 0) is 41.6 Å². The molecule has 144 valence electrons. The number of carbonyl (C=O) groups is 1. The van der Waals surface area contributed by atoms with Crippen molar-refractivity contribution >= 4 is 16.7 Å². The fraction of sp³-hybridized carbons (Fsp3) is 0.0800. The molecule has 0 aliphatic carbocycles. The van der Waals surface area contributed by atoms with Crippen LogP contribution >= 0.6 is 0 Å². The van der Waals surface area contributed by atoms with Crippen LogP contribution in [0, 0.1) is 6.92 Å². The number of phenols is 1. The predicted molar refractivity (Wildman–Crippen MR) is 115 cm³/mol. The Hall–Kier alpha value is -3.79. The minimum absolute atomic E-state index is 0.0567. The zero-order valence-corrected chi connectivity index (χ0v) is 16.1. The third kappa shape index (κ3) is 3.29. The molecule has 29 heavy (non-hydrogen) atoms. The normalized spacial score (nSPS) is 10.8. The summed E-state index contributed by atoms with van der Waals surface area (Å²) in [7, 11) is 1.58. The summed E-state index contributed by atoms with van der Waals surface area (Å²) < 4.78 is 5.59. The lowest BCUT2D eigenvalue weighted by Crippen LogP contribution is -2.01. The molecule has 0 fully saturated rings. The van der Waals surface area contributed by atoms with Gasteiger partial charge in [0.1, 0.15) is 11.5 Å². The Bertz CT molecular complexity index is 1210. The fourth-order valence-corrected chi connectivity index (χ4v) is 3.64. The molecule has 0 unspecified atom stereocenters. The minimum atomic E-state index is -1.09. The van der Waals surface area contributed by atoms with E-state index in [-0.39, 0.29) is 11.3 Å². The second kappa shape index (κ2) is 7.32. The van der Waals surface area contributed by atoms with E-state index in [2.05, 4.69) is 0 Å². The Labute approximate surface area is 168 Å². The number of carboxylic acid groups (broad SMARTS) is 1. The van der Waals surface area contributed by atoms with Crippen LogP contribution in [0.25, 0.3) is 33.0 Å². The molecule has 2 N–H and O–H groups in total. The lowest BCUT2D eigenvalue weighted by Gasteiger charge is -2.16. The van der Waals surface area contributed by atoms with E-state index in [1.54, 1.807) is 13.2 Å². The number of rotatable bonds is 4. The van der Waals surface area contributed by atoms with E-state index < -0.39 is 5.97 Å². The lowest BCUT2D eigenvalue weighted by molar-refractivity contribution is 0.0697. The smallest absolute Gasteiger partial charge is 0.336 e. The highest BCUT2D eigenvalue weighted by molar-refractivity contribution is 6.11. The van der Waals surface area contributed by atoms with Crippen LogP contribution in [-0.4, -0.2) is 23.3 Å². The Morgan fingerprint density at radius 3 is 2.17 bits per heavy atom. The molecule has 4 rings (SSSR count). The van der Waals surface area contributed by atoms with Gasteiger partial charge in [-0.15, -0.1) is 0 Å². The Balaban J connectivity index is 2.12. The molecule has 0 aliphatic rings. The van der Waals surface area contributed by atoms with Gasteiger partial charge < -0.3 is 14.9 Å². The fourth-order valence-electron chi connectivity index (χ4n) is 3.64. The zero-order valence-electron chi connectivity index (χ0n) is 16.1. The molecule has 0 bridgehead atoms. The highest BCUT2D eigenvalue weighted by Crippen LogP contribution is 2.43. The predicted octanol–water partition coefficient (Wildman–Crippen LogP) is 5.89. The van der Waals surface area contributed by atoms with Gasteiger partial charge in [-0.3, -0.25) is 0 Å². The molecule has 0 atom stereocenters. The molecule has 0 heterocycles. The highest BCUT2D eigenvalue weighted by atomic mass is 16.5. The number of ether oxygens (including phenoxy) is 1. The second-order valence-electron chi connectivity index (χ2n) is 6.95. The molecule has 0 aromatic heterocycles. The van der Waals surface area contributed by atoms with E-state index in [4.69, 9.17) is 4.74 Å². The van der Waals surface area contributed by atoms with Crippen LogP contribution in [0.15, 0.2) is 72.8 Å². The van der Waals surface area contributed by atoms with E-state index in [9.17, 15) is 15.0 Å². The minimum Gasteiger partial charge on any atom is -0.507 e. The molecule has 0 aliphatic heterocycles. The molecule has 0 spiro atoms. The van der Waals surface area contributed by atoms with Crippen molar-refractivity contribution < 1.29 is 19.7 Å². The van der Waals surface area contributed by atoms with Crippen molar-refractivity contribution in [2.45, 2.75) is 6.92 Å². The van der Waals surface area contributed by atoms with Crippen molar-refractivity contribution in [3.63, 3.8) is 0 Å². The summed E-state index contributed by atoms with van der Waals surface area (Å²) in [5, 5.41) is 21.6. The second-order valence-corrected chi connectivity index (χ2v) is 6.95. The highest BCUT2D eigenvalue weighted by Gasteiger charge is 2.20. The van der Waals surface area contributed by atoms with E-state index in [0.717, 1.165) is 22.3 Å². The van der Waals surface area contributed by atoms with Gasteiger partial charge in [0, 0.05) is 16.5 Å². The lowest BCUT2D eigenvalue weighted by atomic mass is 9.90. The summed E-state index contributed by atoms with van der Waals surface area (Å²) in [5.41, 5.74) is 4.33. The van der Waals surface area contributed by atoms with Gasteiger partial charge in [-0.2, -0.15) is 0 Å². The molecular weight excluding hydrogens is 364 g/mol. The van der Waals surface area contributed by atoms with Gasteiger partial charge in [0.25, 0.3) is 0 Å². The number of aryl methyl sites for hydroxylation is 1. The van der Waals surface area contributed by atoms with Crippen molar-refractivity contribution in [3.8, 4) is 33.8 Å². The topological polar surface area (TPSA) is 66.8 Å². The van der Waals surface area contributed by atoms with Gasteiger partial charge in [0.05, 0.1) is 12.7 Å². The van der Waals surface area contributed by atoms with Crippen molar-refractivity contribution in [2.24, 2.45) is 0 Å². The summed E-state index contributed by atoms with van der Waals surface area (Å²) in [6, 6.07) is 22.3. The van der Waals surface area contributed by atoms with Gasteiger partial charge in [0.15, 0.2) is 0 Å². The van der Waals surface area contributed by atoms with Crippen LogP contribution in [0.3, 0.4) is 0 Å². The third-order valence-electron chi connectivity index (χ3n) is 5.09. The molecule has 4 aromatic carbocycles. The maximum Gasteiger partial charge on any atom is 0.336 e. The number of aromatic carboxylic acids is 1. The monoisotopic (exact) mass is 384 g/mol. The maximum absolute atomic E-state index is 12.0. The number of benzene rings is 4. The van der Waals surface area contributed by atoms with E-state index in [0.29, 0.717) is 22.1 Å². The summed E-state index contributed by atoms with van der Waals surface area (Å²) in [6.07, 6.45) is 0. The van der Waals surface area contributed by atoms with Crippen LogP contribution in [0.4, 0.5) is 0 Å². The van der Waals surface area contributed by atoms with Gasteiger partial charge >= 0.3 is 5.97 Å². The van der Waals surface area contributed by atoms with Crippen LogP contribution < -0.4 is 4.74 Å². The summed E-state index contributed by atoms with van der Waals surface area (Å²) in [6.45, 7) is 2.02. The number of methoxy groups -OCH3 is 1. The number of aromatic hydroxyl groups is 1. The van der Waals surface area contributed by atoms with Gasteiger partial charge in [-0.1, -0.05) is 60.2 Å².